The number of carbonyl (C=O) groups excluding carboxylic acids is 2. The first kappa shape index (κ1) is 11.6. The molecule has 0 saturated heterocycles. The zero-order chi connectivity index (χ0) is 11.4. The van der Waals surface area contributed by atoms with Crippen molar-refractivity contribution >= 4 is 11.6 Å². The molecule has 2 nitrogen and oxygen atoms in total. The molecule has 0 saturated carbocycles. The highest BCUT2D eigenvalue weighted by molar-refractivity contribution is 5.94. The number of hydrogen-bond acceptors (Lipinski definition) is 2. The molecule has 1 rings (SSSR count). The molecule has 15 heavy (non-hydrogen) atoms. The van der Waals surface area contributed by atoms with Gasteiger partial charge in [-0.1, -0.05) is 25.1 Å². The van der Waals surface area contributed by atoms with E-state index in [1.807, 2.05) is 25.1 Å². The van der Waals surface area contributed by atoms with Gasteiger partial charge >= 0.3 is 0 Å². The molecule has 0 heterocycles. The van der Waals surface area contributed by atoms with E-state index in [4.69, 9.17) is 0 Å². The molecule has 1 aromatic carbocycles. The molecule has 0 aliphatic heterocycles. The van der Waals surface area contributed by atoms with Crippen LogP contribution in [0.4, 0.5) is 0 Å². The van der Waals surface area contributed by atoms with E-state index in [1.165, 1.54) is 0 Å². The quantitative estimate of drug-likeness (QED) is 0.706. The van der Waals surface area contributed by atoms with E-state index in [0.29, 0.717) is 12.0 Å². The predicted octanol–water partition coefficient (Wildman–Crippen LogP) is 2.97. The lowest BCUT2D eigenvalue weighted by Crippen LogP contribution is -2.02. The summed E-state index contributed by atoms with van der Waals surface area (Å²) < 4.78 is 0. The van der Waals surface area contributed by atoms with E-state index >= 15 is 0 Å². The summed E-state index contributed by atoms with van der Waals surface area (Å²) >= 11 is 0. The van der Waals surface area contributed by atoms with Crippen LogP contribution in [0.1, 0.15) is 49.0 Å². The van der Waals surface area contributed by atoms with Crippen LogP contribution >= 0.6 is 0 Å². The smallest absolute Gasteiger partial charge is 0.159 e. The zero-order valence-corrected chi connectivity index (χ0v) is 9.41. The lowest BCUT2D eigenvalue weighted by atomic mass is 9.94. The molecule has 0 spiro atoms. The maximum atomic E-state index is 11.2. The number of benzene rings is 1. The molecule has 0 unspecified atom stereocenters. The van der Waals surface area contributed by atoms with Crippen molar-refractivity contribution in [3.05, 3.63) is 35.4 Å². The van der Waals surface area contributed by atoms with E-state index in [1.54, 1.807) is 19.9 Å². The lowest BCUT2D eigenvalue weighted by molar-refractivity contribution is -0.117. The molecule has 2 heteroatoms. The Balaban J connectivity index is 2.89. The number of hydrogen-bond donors (Lipinski definition) is 0. The van der Waals surface area contributed by atoms with Gasteiger partial charge in [-0.3, -0.25) is 4.79 Å². The normalized spacial score (nSPS) is 12.2. The Labute approximate surface area is 90.3 Å². The van der Waals surface area contributed by atoms with Gasteiger partial charge in [0.1, 0.15) is 5.78 Å². The highest BCUT2D eigenvalue weighted by atomic mass is 16.1. The van der Waals surface area contributed by atoms with Crippen molar-refractivity contribution < 1.29 is 9.59 Å². The molecule has 0 N–H and O–H groups in total. The van der Waals surface area contributed by atoms with Crippen LogP contribution in [0.5, 0.6) is 0 Å². The van der Waals surface area contributed by atoms with Crippen LogP contribution in [-0.4, -0.2) is 11.6 Å². The van der Waals surface area contributed by atoms with Crippen molar-refractivity contribution in [1.29, 1.82) is 0 Å². The molecule has 0 fully saturated rings. The Kier molecular flexibility index (Phi) is 3.78. The number of carbonyl (C=O) groups is 2. The first-order valence-electron chi connectivity index (χ1n) is 5.11. The van der Waals surface area contributed by atoms with Crippen molar-refractivity contribution in [3.63, 3.8) is 0 Å². The van der Waals surface area contributed by atoms with Crippen molar-refractivity contribution in [1.82, 2.24) is 0 Å². The molecule has 0 bridgehead atoms. The van der Waals surface area contributed by atoms with Crippen molar-refractivity contribution in [3.8, 4) is 0 Å². The summed E-state index contributed by atoms with van der Waals surface area (Å²) in [5.41, 5.74) is 1.76. The molecular formula is C13H16O2. The van der Waals surface area contributed by atoms with Gasteiger partial charge in [0.2, 0.25) is 0 Å². The number of Topliss-reactive ketones (excluding diaryl/α,β-unsaturated/α-hetero) is 2. The maximum absolute atomic E-state index is 11.2. The molecule has 0 aliphatic rings. The third kappa shape index (κ3) is 3.31. The molecule has 0 aliphatic carbocycles. The average Bonchev–Trinajstić information content (AvgIpc) is 2.17. The predicted molar refractivity (Wildman–Crippen MR) is 60.2 cm³/mol. The third-order valence-electron chi connectivity index (χ3n) is 2.46. The summed E-state index contributed by atoms with van der Waals surface area (Å²) in [5, 5.41) is 0. The van der Waals surface area contributed by atoms with E-state index < -0.39 is 0 Å². The molecule has 0 aromatic heterocycles. The van der Waals surface area contributed by atoms with Crippen LogP contribution in [0.15, 0.2) is 24.3 Å². The van der Waals surface area contributed by atoms with Gasteiger partial charge in [0, 0.05) is 12.0 Å². The molecular weight excluding hydrogens is 188 g/mol. The second kappa shape index (κ2) is 4.87. The molecule has 80 valence electrons. The van der Waals surface area contributed by atoms with Crippen molar-refractivity contribution in [2.75, 3.05) is 0 Å². The van der Waals surface area contributed by atoms with Crippen LogP contribution < -0.4 is 0 Å². The summed E-state index contributed by atoms with van der Waals surface area (Å²) in [6, 6.07) is 7.49. The minimum Gasteiger partial charge on any atom is -0.300 e. The van der Waals surface area contributed by atoms with Gasteiger partial charge in [0.05, 0.1) is 0 Å². The average molecular weight is 204 g/mol. The fourth-order valence-electron chi connectivity index (χ4n) is 1.61. The van der Waals surface area contributed by atoms with Gasteiger partial charge in [-0.2, -0.15) is 0 Å². The van der Waals surface area contributed by atoms with Gasteiger partial charge in [-0.05, 0) is 31.4 Å². The largest absolute Gasteiger partial charge is 0.300 e. The van der Waals surface area contributed by atoms with Crippen molar-refractivity contribution in [2.45, 2.75) is 33.1 Å². The number of ketones is 2. The fourth-order valence-corrected chi connectivity index (χ4v) is 1.61. The third-order valence-corrected chi connectivity index (χ3v) is 2.46. The second-order valence-corrected chi connectivity index (χ2v) is 3.99. The van der Waals surface area contributed by atoms with Crippen LogP contribution in [0.25, 0.3) is 0 Å². The summed E-state index contributed by atoms with van der Waals surface area (Å²) in [6.45, 7) is 5.14. The molecule has 1 atom stereocenters. The Bertz CT molecular complexity index is 380. The van der Waals surface area contributed by atoms with Gasteiger partial charge in [-0.25, -0.2) is 0 Å². The first-order valence-corrected chi connectivity index (χ1v) is 5.11. The van der Waals surface area contributed by atoms with E-state index in [0.717, 1.165) is 5.56 Å². The highest BCUT2D eigenvalue weighted by Gasteiger charge is 2.09. The monoisotopic (exact) mass is 204 g/mol. The lowest BCUT2D eigenvalue weighted by Gasteiger charge is -2.10. The van der Waals surface area contributed by atoms with Gasteiger partial charge in [-0.15, -0.1) is 0 Å². The van der Waals surface area contributed by atoms with Crippen LogP contribution in [0.2, 0.25) is 0 Å². The van der Waals surface area contributed by atoms with Crippen LogP contribution in [0.3, 0.4) is 0 Å². The van der Waals surface area contributed by atoms with Gasteiger partial charge in [0.15, 0.2) is 5.78 Å². The van der Waals surface area contributed by atoms with Crippen molar-refractivity contribution in [2.24, 2.45) is 0 Å². The summed E-state index contributed by atoms with van der Waals surface area (Å²) in [4.78, 5) is 22.2. The van der Waals surface area contributed by atoms with Crippen LogP contribution in [0, 0.1) is 0 Å². The minimum atomic E-state index is 0.0619. The minimum absolute atomic E-state index is 0.0619. The highest BCUT2D eigenvalue weighted by Crippen LogP contribution is 2.20. The van der Waals surface area contributed by atoms with Gasteiger partial charge in [0.25, 0.3) is 0 Å². The van der Waals surface area contributed by atoms with Gasteiger partial charge < -0.3 is 4.79 Å². The van der Waals surface area contributed by atoms with E-state index in [9.17, 15) is 9.59 Å². The summed E-state index contributed by atoms with van der Waals surface area (Å²) in [5.74, 6) is 0.421. The van der Waals surface area contributed by atoms with E-state index in [2.05, 4.69) is 0 Å². The molecule has 1 aromatic rings. The number of rotatable bonds is 4. The maximum Gasteiger partial charge on any atom is 0.159 e. The zero-order valence-electron chi connectivity index (χ0n) is 9.41. The first-order chi connectivity index (χ1) is 7.00. The Morgan fingerprint density at radius 2 is 1.93 bits per heavy atom. The SMILES string of the molecule is CC(=O)C[C@@H](C)c1cccc(C(C)=O)c1. The second-order valence-electron chi connectivity index (χ2n) is 3.99. The summed E-state index contributed by atoms with van der Waals surface area (Å²) in [7, 11) is 0. The standard InChI is InChI=1S/C13H16O2/c1-9(7-10(2)14)12-5-4-6-13(8-12)11(3)15/h4-6,8-9H,7H2,1-3H3/t9-/m1/s1. The molecule has 0 radical (unpaired) electrons. The Morgan fingerprint density at radius 1 is 1.27 bits per heavy atom. The fraction of sp³-hybridized carbons (Fsp3) is 0.385. The Hall–Kier alpha value is -1.44. The Morgan fingerprint density at radius 3 is 2.47 bits per heavy atom. The van der Waals surface area contributed by atoms with Crippen LogP contribution in [-0.2, 0) is 4.79 Å². The molecule has 0 amide bonds. The van der Waals surface area contributed by atoms with E-state index in [-0.39, 0.29) is 17.5 Å². The topological polar surface area (TPSA) is 34.1 Å². The summed E-state index contributed by atoms with van der Waals surface area (Å²) in [6.07, 6.45) is 0.529.